The fraction of sp³-hybridized carbons (Fsp3) is 0.273. The molecule has 2 rings (SSSR count). The van der Waals surface area contributed by atoms with E-state index in [1.807, 2.05) is 19.1 Å². The Morgan fingerprint density at radius 2 is 2.31 bits per heavy atom. The van der Waals surface area contributed by atoms with Gasteiger partial charge in [-0.2, -0.15) is 0 Å². The van der Waals surface area contributed by atoms with E-state index in [1.165, 1.54) is 0 Å². The van der Waals surface area contributed by atoms with Gasteiger partial charge < -0.3 is 9.52 Å². The van der Waals surface area contributed by atoms with E-state index in [1.54, 1.807) is 6.92 Å². The van der Waals surface area contributed by atoms with Gasteiger partial charge in [0, 0.05) is 6.42 Å². The molecule has 2 aromatic rings. The summed E-state index contributed by atoms with van der Waals surface area (Å²) < 4.78 is 5.52. The van der Waals surface area contributed by atoms with Gasteiger partial charge in [-0.15, -0.1) is 11.3 Å². The summed E-state index contributed by atoms with van der Waals surface area (Å²) in [4.78, 5) is 15.3. The molecule has 5 heteroatoms. The predicted molar refractivity (Wildman–Crippen MR) is 60.9 cm³/mol. The number of aromatic nitrogens is 1. The topological polar surface area (TPSA) is 63.3 Å². The lowest BCUT2D eigenvalue weighted by Crippen LogP contribution is -1.94. The molecule has 0 spiro atoms. The van der Waals surface area contributed by atoms with Crippen molar-refractivity contribution in [2.45, 2.75) is 20.3 Å². The summed E-state index contributed by atoms with van der Waals surface area (Å²) in [6.45, 7) is 3.69. The number of nitrogens with zero attached hydrogens (tertiary/aromatic N) is 1. The first-order chi connectivity index (χ1) is 7.61. The second-order valence-electron chi connectivity index (χ2n) is 3.36. The molecule has 0 amide bonds. The molecular formula is C11H11NO3S. The number of furan rings is 1. The third-order valence-electron chi connectivity index (χ3n) is 2.21. The van der Waals surface area contributed by atoms with Crippen molar-refractivity contribution in [3.63, 3.8) is 0 Å². The van der Waals surface area contributed by atoms with E-state index >= 15 is 0 Å². The molecule has 0 aliphatic heterocycles. The van der Waals surface area contributed by atoms with Gasteiger partial charge in [0.2, 0.25) is 0 Å². The van der Waals surface area contributed by atoms with E-state index in [2.05, 4.69) is 4.98 Å². The second-order valence-corrected chi connectivity index (χ2v) is 4.36. The van der Waals surface area contributed by atoms with E-state index in [0.717, 1.165) is 23.5 Å². The molecule has 2 aromatic heterocycles. The number of rotatable bonds is 3. The van der Waals surface area contributed by atoms with Crippen LogP contribution >= 0.6 is 11.3 Å². The summed E-state index contributed by atoms with van der Waals surface area (Å²) >= 11 is 1.14. The van der Waals surface area contributed by atoms with Gasteiger partial charge >= 0.3 is 5.97 Å². The molecule has 84 valence electrons. The molecule has 4 nitrogen and oxygen atoms in total. The highest BCUT2D eigenvalue weighted by Crippen LogP contribution is 2.29. The highest BCUT2D eigenvalue weighted by atomic mass is 32.1. The Morgan fingerprint density at radius 1 is 1.56 bits per heavy atom. The van der Waals surface area contributed by atoms with E-state index in [0.29, 0.717) is 16.5 Å². The van der Waals surface area contributed by atoms with Crippen LogP contribution in [0.5, 0.6) is 0 Å². The van der Waals surface area contributed by atoms with E-state index < -0.39 is 5.97 Å². The Kier molecular flexibility index (Phi) is 2.78. The van der Waals surface area contributed by atoms with E-state index in [-0.39, 0.29) is 4.88 Å². The molecule has 1 N–H and O–H groups in total. The van der Waals surface area contributed by atoms with Crippen LogP contribution in [0, 0.1) is 6.92 Å². The lowest BCUT2D eigenvalue weighted by Gasteiger charge is -1.88. The lowest BCUT2D eigenvalue weighted by molar-refractivity contribution is 0.0701. The van der Waals surface area contributed by atoms with Crippen LogP contribution in [0.1, 0.15) is 28.0 Å². The average Bonchev–Trinajstić information content (AvgIpc) is 2.83. The first-order valence-electron chi connectivity index (χ1n) is 4.91. The van der Waals surface area contributed by atoms with Crippen LogP contribution in [-0.4, -0.2) is 16.1 Å². The van der Waals surface area contributed by atoms with E-state index in [4.69, 9.17) is 9.52 Å². The Bertz CT molecular complexity index is 527. The van der Waals surface area contributed by atoms with Crippen molar-refractivity contribution in [1.82, 2.24) is 4.98 Å². The van der Waals surface area contributed by atoms with Gasteiger partial charge in [-0.05, 0) is 19.1 Å². The van der Waals surface area contributed by atoms with Crippen molar-refractivity contribution in [3.05, 3.63) is 28.5 Å². The molecule has 0 fully saturated rings. The first kappa shape index (κ1) is 10.9. The lowest BCUT2D eigenvalue weighted by atomic mass is 10.3. The molecule has 16 heavy (non-hydrogen) atoms. The van der Waals surface area contributed by atoms with Gasteiger partial charge in [-0.1, -0.05) is 6.92 Å². The average molecular weight is 237 g/mol. The highest BCUT2D eigenvalue weighted by molar-refractivity contribution is 7.16. The van der Waals surface area contributed by atoms with Gasteiger partial charge in [0.1, 0.15) is 10.6 Å². The molecule has 0 aromatic carbocycles. The van der Waals surface area contributed by atoms with Gasteiger partial charge in [-0.3, -0.25) is 0 Å². The van der Waals surface area contributed by atoms with Crippen LogP contribution in [0.4, 0.5) is 0 Å². The summed E-state index contributed by atoms with van der Waals surface area (Å²) in [6, 6.07) is 3.70. The van der Waals surface area contributed by atoms with Gasteiger partial charge in [-0.25, -0.2) is 9.78 Å². The van der Waals surface area contributed by atoms with Crippen LogP contribution in [0.2, 0.25) is 0 Å². The van der Waals surface area contributed by atoms with Crippen LogP contribution < -0.4 is 0 Å². The zero-order chi connectivity index (χ0) is 11.7. The third-order valence-corrected chi connectivity index (χ3v) is 3.37. The number of aryl methyl sites for hydroxylation is 2. The maximum Gasteiger partial charge on any atom is 0.347 e. The Hall–Kier alpha value is -1.62. The molecule has 0 saturated carbocycles. The summed E-state index contributed by atoms with van der Waals surface area (Å²) in [5.74, 6) is 0.570. The van der Waals surface area contributed by atoms with Crippen molar-refractivity contribution >= 4 is 17.3 Å². The van der Waals surface area contributed by atoms with Crippen LogP contribution in [0.3, 0.4) is 0 Å². The quantitative estimate of drug-likeness (QED) is 0.891. The fourth-order valence-corrected chi connectivity index (χ4v) is 2.25. The normalized spacial score (nSPS) is 10.6. The largest absolute Gasteiger partial charge is 0.477 e. The van der Waals surface area contributed by atoms with Crippen molar-refractivity contribution in [2.75, 3.05) is 0 Å². The zero-order valence-electron chi connectivity index (χ0n) is 8.98. The SMILES string of the molecule is CCc1ccc(-c2nc(C)c(C(=O)O)s2)o1. The Labute approximate surface area is 96.6 Å². The van der Waals surface area contributed by atoms with Gasteiger partial charge in [0.15, 0.2) is 10.8 Å². The summed E-state index contributed by atoms with van der Waals surface area (Å²) in [5, 5.41) is 9.54. The number of hydrogen-bond acceptors (Lipinski definition) is 4. The fourth-order valence-electron chi connectivity index (χ4n) is 1.38. The first-order valence-corrected chi connectivity index (χ1v) is 5.73. The second kappa shape index (κ2) is 4.09. The smallest absolute Gasteiger partial charge is 0.347 e. The monoisotopic (exact) mass is 237 g/mol. The molecule has 0 unspecified atom stereocenters. The van der Waals surface area contributed by atoms with E-state index in [9.17, 15) is 4.79 Å². The standard InChI is InChI=1S/C11H11NO3S/c1-3-7-4-5-8(15-7)10-12-6(2)9(16-10)11(13)14/h4-5H,3H2,1-2H3,(H,13,14). The minimum Gasteiger partial charge on any atom is -0.477 e. The number of thiazole rings is 1. The third kappa shape index (κ3) is 1.86. The maximum atomic E-state index is 10.9. The van der Waals surface area contributed by atoms with Crippen LogP contribution in [0.15, 0.2) is 16.5 Å². The van der Waals surface area contributed by atoms with Crippen molar-refractivity contribution in [1.29, 1.82) is 0 Å². The molecule has 0 bridgehead atoms. The molecule has 0 aliphatic rings. The summed E-state index contributed by atoms with van der Waals surface area (Å²) in [7, 11) is 0. The maximum absolute atomic E-state index is 10.9. The van der Waals surface area contributed by atoms with Crippen LogP contribution in [0.25, 0.3) is 10.8 Å². The predicted octanol–water partition coefficient (Wildman–Crippen LogP) is 2.97. The molecule has 0 atom stereocenters. The minimum absolute atomic E-state index is 0.268. The van der Waals surface area contributed by atoms with Crippen molar-refractivity contribution < 1.29 is 14.3 Å². The van der Waals surface area contributed by atoms with Gasteiger partial charge in [0.25, 0.3) is 0 Å². The Balaban J connectivity index is 2.41. The summed E-state index contributed by atoms with van der Waals surface area (Å²) in [5.41, 5.74) is 0.530. The summed E-state index contributed by atoms with van der Waals surface area (Å²) in [6.07, 6.45) is 0.816. The molecule has 2 heterocycles. The number of carbonyl (C=O) groups is 1. The van der Waals surface area contributed by atoms with Crippen molar-refractivity contribution in [3.8, 4) is 10.8 Å². The van der Waals surface area contributed by atoms with Crippen molar-refractivity contribution in [2.24, 2.45) is 0 Å². The number of aromatic carboxylic acids is 1. The number of carboxylic acids is 1. The number of carboxylic acid groups (broad SMARTS) is 1. The Morgan fingerprint density at radius 3 is 2.81 bits per heavy atom. The number of hydrogen-bond donors (Lipinski definition) is 1. The van der Waals surface area contributed by atoms with Crippen LogP contribution in [-0.2, 0) is 6.42 Å². The molecular weight excluding hydrogens is 226 g/mol. The molecule has 0 radical (unpaired) electrons. The minimum atomic E-state index is -0.941. The highest BCUT2D eigenvalue weighted by Gasteiger charge is 2.16. The molecule has 0 saturated heterocycles. The van der Waals surface area contributed by atoms with Gasteiger partial charge in [0.05, 0.1) is 5.69 Å². The zero-order valence-corrected chi connectivity index (χ0v) is 9.80. The molecule has 0 aliphatic carbocycles.